The number of Topliss-reactive ketones (excluding diaryl/α,β-unsaturated/α-hetero) is 1. The van der Waals surface area contributed by atoms with Gasteiger partial charge >= 0.3 is 0 Å². The van der Waals surface area contributed by atoms with Crippen molar-refractivity contribution < 1.29 is 14.3 Å². The van der Waals surface area contributed by atoms with Crippen LogP contribution >= 0.6 is 11.6 Å². The maximum atomic E-state index is 11.3. The maximum absolute atomic E-state index is 11.3. The Morgan fingerprint density at radius 3 is 2.20 bits per heavy atom. The number of carbonyl (C=O) groups is 1. The van der Waals surface area contributed by atoms with Crippen molar-refractivity contribution in [2.45, 2.75) is 13.8 Å². The van der Waals surface area contributed by atoms with E-state index in [9.17, 15) is 4.79 Å². The van der Waals surface area contributed by atoms with Crippen LogP contribution in [-0.2, 0) is 0 Å². The van der Waals surface area contributed by atoms with Gasteiger partial charge in [-0.15, -0.1) is 0 Å². The van der Waals surface area contributed by atoms with Crippen LogP contribution in [0.2, 0.25) is 5.02 Å². The van der Waals surface area contributed by atoms with E-state index in [2.05, 4.69) is 0 Å². The summed E-state index contributed by atoms with van der Waals surface area (Å²) in [5.41, 5.74) is 1.29. The largest absolute Gasteiger partial charge is 0.495 e. The lowest BCUT2D eigenvalue weighted by Gasteiger charge is -2.13. The first kappa shape index (κ1) is 11.9. The van der Waals surface area contributed by atoms with E-state index in [0.717, 1.165) is 5.56 Å². The predicted molar refractivity (Wildman–Crippen MR) is 59.3 cm³/mol. The number of methoxy groups -OCH3 is 2. The number of halogens is 1. The molecule has 0 spiro atoms. The van der Waals surface area contributed by atoms with Gasteiger partial charge in [-0.2, -0.15) is 0 Å². The van der Waals surface area contributed by atoms with Crippen LogP contribution < -0.4 is 9.47 Å². The second-order valence-electron chi connectivity index (χ2n) is 3.18. The van der Waals surface area contributed by atoms with E-state index in [4.69, 9.17) is 21.1 Å². The molecule has 0 radical (unpaired) electrons. The second kappa shape index (κ2) is 4.53. The molecule has 0 N–H and O–H groups in total. The van der Waals surface area contributed by atoms with Crippen LogP contribution in [0.3, 0.4) is 0 Å². The first-order chi connectivity index (χ1) is 7.02. The van der Waals surface area contributed by atoms with E-state index in [0.29, 0.717) is 22.1 Å². The lowest BCUT2D eigenvalue weighted by atomic mass is 10.1. The molecule has 0 heterocycles. The van der Waals surface area contributed by atoms with Crippen LogP contribution in [0.4, 0.5) is 0 Å². The molecule has 0 saturated heterocycles. The quantitative estimate of drug-likeness (QED) is 0.747. The minimum atomic E-state index is -0.0838. The molecule has 0 aliphatic carbocycles. The van der Waals surface area contributed by atoms with Crippen molar-refractivity contribution >= 4 is 17.4 Å². The molecule has 0 aliphatic heterocycles. The van der Waals surface area contributed by atoms with Gasteiger partial charge in [0.05, 0.1) is 19.8 Å². The molecule has 0 fully saturated rings. The average Bonchev–Trinajstić information content (AvgIpc) is 2.17. The van der Waals surface area contributed by atoms with Gasteiger partial charge < -0.3 is 9.47 Å². The monoisotopic (exact) mass is 228 g/mol. The minimum absolute atomic E-state index is 0.0838. The third-order valence-corrected chi connectivity index (χ3v) is 2.49. The number of ether oxygens (including phenoxy) is 2. The smallest absolute Gasteiger partial charge is 0.163 e. The van der Waals surface area contributed by atoms with Gasteiger partial charge in [-0.1, -0.05) is 11.6 Å². The first-order valence-corrected chi connectivity index (χ1v) is 4.82. The molecule has 0 aliphatic rings. The number of aryl methyl sites for hydroxylation is 1. The van der Waals surface area contributed by atoms with Gasteiger partial charge in [0, 0.05) is 0 Å². The van der Waals surface area contributed by atoms with Crippen LogP contribution in [-0.4, -0.2) is 20.0 Å². The molecule has 0 amide bonds. The Bertz CT molecular complexity index is 399. The van der Waals surface area contributed by atoms with Crippen LogP contribution in [0, 0.1) is 6.92 Å². The first-order valence-electron chi connectivity index (χ1n) is 4.45. The Morgan fingerprint density at radius 2 is 1.80 bits per heavy atom. The number of rotatable bonds is 3. The molecule has 1 rings (SSSR count). The Balaban J connectivity index is 3.51. The highest BCUT2D eigenvalue weighted by atomic mass is 35.5. The number of hydrogen-bond donors (Lipinski definition) is 0. The molecule has 4 heteroatoms. The highest BCUT2D eigenvalue weighted by Gasteiger charge is 2.18. The zero-order valence-corrected chi connectivity index (χ0v) is 9.94. The predicted octanol–water partition coefficient (Wildman–Crippen LogP) is 2.87. The second-order valence-corrected chi connectivity index (χ2v) is 3.56. The third-order valence-electron chi connectivity index (χ3n) is 2.15. The summed E-state index contributed by atoms with van der Waals surface area (Å²) < 4.78 is 10.2. The standard InChI is InChI=1S/C11H13ClO3/c1-6-5-8(7(2)13)11(15-4)9(12)10(6)14-3/h5H,1-4H3. The normalized spacial score (nSPS) is 9.93. The number of ketones is 1. The Morgan fingerprint density at radius 1 is 1.27 bits per heavy atom. The number of benzene rings is 1. The fourth-order valence-electron chi connectivity index (χ4n) is 1.45. The molecule has 1 aromatic rings. The van der Waals surface area contributed by atoms with Crippen molar-refractivity contribution in [3.63, 3.8) is 0 Å². The van der Waals surface area contributed by atoms with Crippen molar-refractivity contribution in [2.24, 2.45) is 0 Å². The van der Waals surface area contributed by atoms with Gasteiger partial charge in [-0.3, -0.25) is 4.79 Å². The highest BCUT2D eigenvalue weighted by Crippen LogP contribution is 2.39. The van der Waals surface area contributed by atoms with Crippen LogP contribution in [0.1, 0.15) is 22.8 Å². The molecule has 1 aromatic carbocycles. The van der Waals surface area contributed by atoms with E-state index < -0.39 is 0 Å². The summed E-state index contributed by atoms with van der Waals surface area (Å²) in [6, 6.07) is 1.71. The third kappa shape index (κ3) is 2.07. The SMILES string of the molecule is COc1c(C)cc(C(C)=O)c(OC)c1Cl. The summed E-state index contributed by atoms with van der Waals surface area (Å²) in [6.07, 6.45) is 0. The van der Waals surface area contributed by atoms with Crippen LogP contribution in [0.5, 0.6) is 11.5 Å². The topological polar surface area (TPSA) is 35.5 Å². The van der Waals surface area contributed by atoms with E-state index in [1.165, 1.54) is 21.1 Å². The van der Waals surface area contributed by atoms with Crippen molar-refractivity contribution in [3.8, 4) is 11.5 Å². The zero-order chi connectivity index (χ0) is 11.6. The van der Waals surface area contributed by atoms with Crippen LogP contribution in [0.25, 0.3) is 0 Å². The Kier molecular flexibility index (Phi) is 3.58. The molecular weight excluding hydrogens is 216 g/mol. The Labute approximate surface area is 93.9 Å². The summed E-state index contributed by atoms with van der Waals surface area (Å²) >= 11 is 6.06. The number of hydrogen-bond acceptors (Lipinski definition) is 3. The van der Waals surface area contributed by atoms with Gasteiger partial charge in [0.15, 0.2) is 11.5 Å². The molecule has 0 bridgehead atoms. The minimum Gasteiger partial charge on any atom is -0.495 e. The summed E-state index contributed by atoms with van der Waals surface area (Å²) in [6.45, 7) is 3.30. The van der Waals surface area contributed by atoms with E-state index >= 15 is 0 Å². The van der Waals surface area contributed by atoms with Gasteiger partial charge in [-0.05, 0) is 25.5 Å². The summed E-state index contributed by atoms with van der Waals surface area (Å²) in [5.74, 6) is 0.824. The fourth-order valence-corrected chi connectivity index (χ4v) is 1.86. The summed E-state index contributed by atoms with van der Waals surface area (Å²) in [4.78, 5) is 11.3. The average molecular weight is 229 g/mol. The van der Waals surface area contributed by atoms with E-state index in [1.807, 2.05) is 6.92 Å². The van der Waals surface area contributed by atoms with Gasteiger partial charge in [0.25, 0.3) is 0 Å². The van der Waals surface area contributed by atoms with Crippen molar-refractivity contribution in [3.05, 3.63) is 22.2 Å². The molecule has 0 saturated carbocycles. The maximum Gasteiger partial charge on any atom is 0.163 e. The van der Waals surface area contributed by atoms with Gasteiger partial charge in [0.1, 0.15) is 10.8 Å². The number of carbonyl (C=O) groups excluding carboxylic acids is 1. The van der Waals surface area contributed by atoms with Crippen molar-refractivity contribution in [1.29, 1.82) is 0 Å². The zero-order valence-electron chi connectivity index (χ0n) is 9.18. The summed E-state index contributed by atoms with van der Waals surface area (Å²) in [7, 11) is 3.00. The van der Waals surface area contributed by atoms with Crippen molar-refractivity contribution in [2.75, 3.05) is 14.2 Å². The Hall–Kier alpha value is -1.22. The lowest BCUT2D eigenvalue weighted by Crippen LogP contribution is -2.01. The van der Waals surface area contributed by atoms with Gasteiger partial charge in [0.2, 0.25) is 0 Å². The fraction of sp³-hybridized carbons (Fsp3) is 0.364. The highest BCUT2D eigenvalue weighted by molar-refractivity contribution is 6.34. The molecule has 15 heavy (non-hydrogen) atoms. The van der Waals surface area contributed by atoms with Crippen LogP contribution in [0.15, 0.2) is 6.07 Å². The van der Waals surface area contributed by atoms with Gasteiger partial charge in [-0.25, -0.2) is 0 Å². The molecular formula is C11H13ClO3. The van der Waals surface area contributed by atoms with E-state index in [-0.39, 0.29) is 5.78 Å². The summed E-state index contributed by atoms with van der Waals surface area (Å²) in [5, 5.41) is 0.338. The molecule has 0 aromatic heterocycles. The van der Waals surface area contributed by atoms with Crippen molar-refractivity contribution in [1.82, 2.24) is 0 Å². The van der Waals surface area contributed by atoms with E-state index in [1.54, 1.807) is 6.07 Å². The molecule has 0 unspecified atom stereocenters. The molecule has 82 valence electrons. The molecule has 0 atom stereocenters. The molecule has 3 nitrogen and oxygen atoms in total. The lowest BCUT2D eigenvalue weighted by molar-refractivity contribution is 0.101.